The molecule has 0 fully saturated rings. The Hall–Kier alpha value is -2.42. The van der Waals surface area contributed by atoms with Crippen LogP contribution in [0.2, 0.25) is 5.02 Å². The zero-order chi connectivity index (χ0) is 22.1. The van der Waals surface area contributed by atoms with Crippen LogP contribution in [0, 0.1) is 5.41 Å². The minimum atomic E-state index is -4.57. The van der Waals surface area contributed by atoms with Crippen molar-refractivity contribution >= 4 is 29.0 Å². The number of aryl methyl sites for hydroxylation is 1. The summed E-state index contributed by atoms with van der Waals surface area (Å²) in [5.74, 6) is -0.999. The Kier molecular flexibility index (Phi) is 6.21. The van der Waals surface area contributed by atoms with Gasteiger partial charge < -0.3 is 10.2 Å². The molecule has 2 aromatic heterocycles. The summed E-state index contributed by atoms with van der Waals surface area (Å²) in [6.07, 6.45) is -0.336. The van der Waals surface area contributed by atoms with E-state index in [1.54, 1.807) is 6.07 Å². The van der Waals surface area contributed by atoms with Gasteiger partial charge in [0.05, 0.1) is 16.4 Å². The van der Waals surface area contributed by atoms with Crippen LogP contribution >= 0.6 is 11.6 Å². The second-order valence-corrected chi connectivity index (χ2v) is 8.92. The molecule has 0 spiro atoms. The fraction of sp³-hybridized carbons (Fsp3) is 0.500. The van der Waals surface area contributed by atoms with Crippen LogP contribution in [0.25, 0.3) is 0 Å². The van der Waals surface area contributed by atoms with E-state index in [1.807, 2.05) is 25.7 Å². The van der Waals surface area contributed by atoms with Crippen LogP contribution < -0.4 is 10.2 Å². The van der Waals surface area contributed by atoms with Crippen molar-refractivity contribution in [3.05, 3.63) is 40.6 Å². The number of nitrogens with zero attached hydrogens (tertiary/aromatic N) is 4. The van der Waals surface area contributed by atoms with Gasteiger partial charge in [0, 0.05) is 37.5 Å². The highest BCUT2D eigenvalue weighted by molar-refractivity contribution is 6.33. The van der Waals surface area contributed by atoms with Crippen molar-refractivity contribution in [3.63, 3.8) is 0 Å². The fourth-order valence-electron chi connectivity index (χ4n) is 3.25. The number of aromatic nitrogens is 3. The summed E-state index contributed by atoms with van der Waals surface area (Å²) in [4.78, 5) is 25.6. The van der Waals surface area contributed by atoms with Crippen molar-refractivity contribution in [1.82, 2.24) is 15.0 Å². The van der Waals surface area contributed by atoms with Crippen molar-refractivity contribution in [1.29, 1.82) is 0 Å². The molecule has 0 atom stereocenters. The molecule has 30 heavy (non-hydrogen) atoms. The molecule has 1 amide bonds. The van der Waals surface area contributed by atoms with Crippen molar-refractivity contribution in [3.8, 4) is 0 Å². The first-order valence-electron chi connectivity index (χ1n) is 9.55. The molecule has 0 saturated heterocycles. The first kappa shape index (κ1) is 22.3. The monoisotopic (exact) mass is 441 g/mol. The molecular weight excluding hydrogens is 419 g/mol. The van der Waals surface area contributed by atoms with Crippen molar-refractivity contribution in [2.75, 3.05) is 16.8 Å². The number of nitrogens with one attached hydrogen (secondary N) is 1. The lowest BCUT2D eigenvalue weighted by Crippen LogP contribution is -2.30. The summed E-state index contributed by atoms with van der Waals surface area (Å²) in [5.41, 5.74) is 1.96. The summed E-state index contributed by atoms with van der Waals surface area (Å²) in [5, 5.41) is 3.09. The number of fused-ring (bicyclic) bond motifs is 1. The number of rotatable bonds is 4. The summed E-state index contributed by atoms with van der Waals surface area (Å²) in [6, 6.07) is 1.74. The standard InChI is InChI=1S/C20H23ClF3N5O/c1-19(2,3)8-16(30)28-17-13(21)7-15-14(27-17)5-4-6-29(15)11-12-9-25-18(26-10-12)20(22,23)24/h7,9-10H,4-6,8,11H2,1-3H3,(H,27,28,30). The highest BCUT2D eigenvalue weighted by Gasteiger charge is 2.34. The Morgan fingerprint density at radius 1 is 1.23 bits per heavy atom. The van der Waals surface area contributed by atoms with E-state index in [-0.39, 0.29) is 11.3 Å². The normalized spacial score (nSPS) is 14.4. The van der Waals surface area contributed by atoms with Gasteiger partial charge in [0.2, 0.25) is 11.7 Å². The van der Waals surface area contributed by atoms with Gasteiger partial charge in [-0.05, 0) is 24.3 Å². The van der Waals surface area contributed by atoms with Gasteiger partial charge in [-0.3, -0.25) is 4.79 Å². The van der Waals surface area contributed by atoms with E-state index in [0.29, 0.717) is 42.3 Å². The van der Waals surface area contributed by atoms with Crippen LogP contribution in [0.4, 0.5) is 24.7 Å². The van der Waals surface area contributed by atoms with E-state index in [4.69, 9.17) is 11.6 Å². The van der Waals surface area contributed by atoms with Crippen molar-refractivity contribution in [2.24, 2.45) is 5.41 Å². The molecule has 0 aliphatic carbocycles. The number of amides is 1. The van der Waals surface area contributed by atoms with Gasteiger partial charge in [-0.2, -0.15) is 13.2 Å². The predicted octanol–water partition coefficient (Wildman–Crippen LogP) is 4.87. The third-order valence-corrected chi connectivity index (χ3v) is 4.78. The third kappa shape index (κ3) is 5.59. The maximum absolute atomic E-state index is 12.7. The van der Waals surface area contributed by atoms with Gasteiger partial charge in [0.25, 0.3) is 0 Å². The molecule has 3 heterocycles. The number of carbonyl (C=O) groups is 1. The number of alkyl halides is 3. The molecule has 3 rings (SSSR count). The number of halogens is 4. The lowest BCUT2D eigenvalue weighted by Gasteiger charge is -2.31. The van der Waals surface area contributed by atoms with Crippen molar-refractivity contribution < 1.29 is 18.0 Å². The fourth-order valence-corrected chi connectivity index (χ4v) is 3.44. The molecule has 6 nitrogen and oxygen atoms in total. The average molecular weight is 442 g/mol. The molecule has 0 radical (unpaired) electrons. The predicted molar refractivity (Wildman–Crippen MR) is 108 cm³/mol. The number of pyridine rings is 1. The highest BCUT2D eigenvalue weighted by Crippen LogP contribution is 2.34. The van der Waals surface area contributed by atoms with Gasteiger partial charge in [0.1, 0.15) is 0 Å². The Morgan fingerprint density at radius 3 is 2.50 bits per heavy atom. The largest absolute Gasteiger partial charge is 0.451 e. The minimum absolute atomic E-state index is 0.161. The van der Waals surface area contributed by atoms with E-state index in [1.165, 1.54) is 12.4 Å². The van der Waals surface area contributed by atoms with Gasteiger partial charge in [-0.1, -0.05) is 32.4 Å². The van der Waals surface area contributed by atoms with E-state index in [9.17, 15) is 18.0 Å². The summed E-state index contributed by atoms with van der Waals surface area (Å²) >= 11 is 6.36. The summed E-state index contributed by atoms with van der Waals surface area (Å²) < 4.78 is 38.0. The number of carbonyl (C=O) groups excluding carboxylic acids is 1. The molecule has 0 unspecified atom stereocenters. The highest BCUT2D eigenvalue weighted by atomic mass is 35.5. The second-order valence-electron chi connectivity index (χ2n) is 8.51. The lowest BCUT2D eigenvalue weighted by molar-refractivity contribution is -0.145. The Bertz CT molecular complexity index is 926. The zero-order valence-electron chi connectivity index (χ0n) is 17.0. The van der Waals surface area contributed by atoms with Crippen LogP contribution in [-0.2, 0) is 23.9 Å². The van der Waals surface area contributed by atoms with Crippen LogP contribution in [0.3, 0.4) is 0 Å². The van der Waals surface area contributed by atoms with E-state index in [0.717, 1.165) is 17.8 Å². The minimum Gasteiger partial charge on any atom is -0.366 e. The summed E-state index contributed by atoms with van der Waals surface area (Å²) in [7, 11) is 0. The van der Waals surface area contributed by atoms with E-state index < -0.39 is 12.0 Å². The SMILES string of the molecule is CC(C)(C)CC(=O)Nc1nc2c(cc1Cl)N(Cc1cnc(C(F)(F)F)nc1)CCC2. The molecule has 1 aliphatic heterocycles. The molecule has 1 aliphatic rings. The molecule has 162 valence electrons. The first-order valence-corrected chi connectivity index (χ1v) is 9.92. The zero-order valence-corrected chi connectivity index (χ0v) is 17.7. The summed E-state index contributed by atoms with van der Waals surface area (Å²) in [6.45, 7) is 6.94. The van der Waals surface area contributed by atoms with Gasteiger partial charge in [0.15, 0.2) is 5.82 Å². The van der Waals surface area contributed by atoms with E-state index >= 15 is 0 Å². The molecule has 0 aromatic carbocycles. The van der Waals surface area contributed by atoms with Crippen LogP contribution in [0.5, 0.6) is 0 Å². The van der Waals surface area contributed by atoms with E-state index in [2.05, 4.69) is 20.3 Å². The van der Waals surface area contributed by atoms with Crippen LogP contribution in [0.1, 0.15) is 50.7 Å². The first-order chi connectivity index (χ1) is 13.9. The molecule has 0 saturated carbocycles. The molecule has 1 N–H and O–H groups in total. The lowest BCUT2D eigenvalue weighted by atomic mass is 9.92. The molecule has 2 aromatic rings. The van der Waals surface area contributed by atoms with Gasteiger partial charge >= 0.3 is 6.18 Å². The molecule has 0 bridgehead atoms. The van der Waals surface area contributed by atoms with Crippen LogP contribution in [-0.4, -0.2) is 27.4 Å². The maximum atomic E-state index is 12.7. The second kappa shape index (κ2) is 8.37. The number of hydrogen-bond acceptors (Lipinski definition) is 5. The average Bonchev–Trinajstić information content (AvgIpc) is 2.61. The molecular formula is C20H23ClF3N5O. The van der Waals surface area contributed by atoms with Gasteiger partial charge in [-0.15, -0.1) is 0 Å². The Labute approximate surface area is 177 Å². The third-order valence-electron chi connectivity index (χ3n) is 4.50. The smallest absolute Gasteiger partial charge is 0.366 e. The molecule has 10 heteroatoms. The number of hydrogen-bond donors (Lipinski definition) is 1. The number of anilines is 2. The van der Waals surface area contributed by atoms with Crippen molar-refractivity contribution in [2.45, 2.75) is 52.8 Å². The van der Waals surface area contributed by atoms with Crippen LogP contribution in [0.15, 0.2) is 18.5 Å². The Balaban J connectivity index is 1.77. The Morgan fingerprint density at radius 2 is 1.90 bits per heavy atom. The quantitative estimate of drug-likeness (QED) is 0.732. The topological polar surface area (TPSA) is 71.0 Å². The van der Waals surface area contributed by atoms with Gasteiger partial charge in [-0.25, -0.2) is 15.0 Å². The maximum Gasteiger partial charge on any atom is 0.451 e.